The Morgan fingerprint density at radius 2 is 1.70 bits per heavy atom. The molecule has 1 saturated carbocycles. The Morgan fingerprint density at radius 3 is 2.40 bits per heavy atom. The zero-order chi connectivity index (χ0) is 14.1. The Kier molecular flexibility index (Phi) is 3.38. The van der Waals surface area contributed by atoms with Crippen LogP contribution in [0.5, 0.6) is 0 Å². The van der Waals surface area contributed by atoms with Crippen LogP contribution in [0.3, 0.4) is 0 Å². The van der Waals surface area contributed by atoms with Gasteiger partial charge in [0.25, 0.3) is 0 Å². The summed E-state index contributed by atoms with van der Waals surface area (Å²) >= 11 is 0. The van der Waals surface area contributed by atoms with E-state index in [1.807, 2.05) is 6.07 Å². The number of amides is 2. The average molecular weight is 271 g/mol. The van der Waals surface area contributed by atoms with Crippen molar-refractivity contribution >= 4 is 23.3 Å². The van der Waals surface area contributed by atoms with Crippen LogP contribution in [0.2, 0.25) is 0 Å². The van der Waals surface area contributed by atoms with Crippen molar-refractivity contribution < 1.29 is 14.4 Å². The number of ketones is 1. The Balaban J connectivity index is 1.85. The molecule has 4 heteroatoms. The van der Waals surface area contributed by atoms with Gasteiger partial charge in [0, 0.05) is 18.8 Å². The first-order valence-electron chi connectivity index (χ1n) is 7.13. The Labute approximate surface area is 117 Å². The van der Waals surface area contributed by atoms with E-state index < -0.39 is 5.92 Å². The number of carbonyl (C=O) groups excluding carboxylic acids is 3. The van der Waals surface area contributed by atoms with Gasteiger partial charge in [-0.2, -0.15) is 0 Å². The number of nitrogens with zero attached hydrogens (tertiary/aromatic N) is 1. The maximum absolute atomic E-state index is 12.5. The standard InChI is InChI=1S/C16H17NO3/c18-14-9-5-4-8-12(14)13-10-15(19)17(16(13)20)11-6-2-1-3-7-11/h1-3,6-7,12-13H,4-5,8-10H2. The van der Waals surface area contributed by atoms with Crippen LogP contribution in [0.25, 0.3) is 0 Å². The Bertz CT molecular complexity index is 552. The number of rotatable bonds is 2. The minimum Gasteiger partial charge on any atom is -0.299 e. The number of imide groups is 1. The van der Waals surface area contributed by atoms with Gasteiger partial charge in [0.05, 0.1) is 11.6 Å². The van der Waals surface area contributed by atoms with E-state index in [1.165, 1.54) is 4.90 Å². The zero-order valence-corrected chi connectivity index (χ0v) is 11.2. The average Bonchev–Trinajstić information content (AvgIpc) is 2.75. The molecule has 3 rings (SSSR count). The van der Waals surface area contributed by atoms with Gasteiger partial charge in [-0.3, -0.25) is 19.3 Å². The maximum atomic E-state index is 12.5. The lowest BCUT2D eigenvalue weighted by molar-refractivity contribution is -0.132. The second kappa shape index (κ2) is 5.19. The maximum Gasteiger partial charge on any atom is 0.238 e. The number of Topliss-reactive ketones (excluding diaryl/α,β-unsaturated/α-hetero) is 1. The second-order valence-electron chi connectivity index (χ2n) is 5.53. The van der Waals surface area contributed by atoms with Crippen molar-refractivity contribution in [2.75, 3.05) is 4.90 Å². The summed E-state index contributed by atoms with van der Waals surface area (Å²) in [5.41, 5.74) is 0.605. The smallest absolute Gasteiger partial charge is 0.238 e. The summed E-state index contributed by atoms with van der Waals surface area (Å²) in [6, 6.07) is 8.95. The molecule has 20 heavy (non-hydrogen) atoms. The molecule has 1 saturated heterocycles. The van der Waals surface area contributed by atoms with Gasteiger partial charge in [-0.05, 0) is 25.0 Å². The Hall–Kier alpha value is -1.97. The number of anilines is 1. The van der Waals surface area contributed by atoms with Gasteiger partial charge < -0.3 is 0 Å². The molecule has 0 N–H and O–H groups in total. The van der Waals surface area contributed by atoms with Crippen molar-refractivity contribution in [3.8, 4) is 0 Å². The first-order valence-corrected chi connectivity index (χ1v) is 7.13. The van der Waals surface area contributed by atoms with Crippen molar-refractivity contribution in [3.05, 3.63) is 30.3 Å². The van der Waals surface area contributed by atoms with Crippen LogP contribution >= 0.6 is 0 Å². The molecule has 104 valence electrons. The fourth-order valence-corrected chi connectivity index (χ4v) is 3.25. The molecule has 0 bridgehead atoms. The molecule has 2 fully saturated rings. The van der Waals surface area contributed by atoms with Crippen LogP contribution in [0.4, 0.5) is 5.69 Å². The van der Waals surface area contributed by atoms with Crippen molar-refractivity contribution in [2.24, 2.45) is 11.8 Å². The van der Waals surface area contributed by atoms with E-state index in [9.17, 15) is 14.4 Å². The predicted octanol–water partition coefficient (Wildman–Crippen LogP) is 2.33. The number of para-hydroxylation sites is 1. The second-order valence-corrected chi connectivity index (χ2v) is 5.53. The predicted molar refractivity (Wildman–Crippen MR) is 74.0 cm³/mol. The number of hydrogen-bond donors (Lipinski definition) is 0. The van der Waals surface area contributed by atoms with Gasteiger partial charge >= 0.3 is 0 Å². The lowest BCUT2D eigenvalue weighted by Gasteiger charge is -2.24. The molecule has 0 spiro atoms. The molecular formula is C16H17NO3. The third-order valence-electron chi connectivity index (χ3n) is 4.28. The summed E-state index contributed by atoms with van der Waals surface area (Å²) in [4.78, 5) is 37.9. The summed E-state index contributed by atoms with van der Waals surface area (Å²) < 4.78 is 0. The molecule has 4 nitrogen and oxygen atoms in total. The molecule has 2 unspecified atom stereocenters. The summed E-state index contributed by atoms with van der Waals surface area (Å²) in [7, 11) is 0. The van der Waals surface area contributed by atoms with E-state index in [-0.39, 0.29) is 29.9 Å². The fraction of sp³-hybridized carbons (Fsp3) is 0.438. The van der Waals surface area contributed by atoms with Gasteiger partial charge in [0.15, 0.2) is 0 Å². The van der Waals surface area contributed by atoms with Crippen molar-refractivity contribution in [2.45, 2.75) is 32.1 Å². The topological polar surface area (TPSA) is 54.5 Å². The normalized spacial score (nSPS) is 27.2. The summed E-state index contributed by atoms with van der Waals surface area (Å²) in [6.07, 6.45) is 3.34. The van der Waals surface area contributed by atoms with Gasteiger partial charge in [-0.1, -0.05) is 24.6 Å². The number of hydrogen-bond acceptors (Lipinski definition) is 3. The largest absolute Gasteiger partial charge is 0.299 e. The molecule has 2 aliphatic rings. The van der Waals surface area contributed by atoms with Crippen LogP contribution in [-0.4, -0.2) is 17.6 Å². The van der Waals surface area contributed by atoms with Crippen molar-refractivity contribution in [3.63, 3.8) is 0 Å². The van der Waals surface area contributed by atoms with E-state index >= 15 is 0 Å². The quantitative estimate of drug-likeness (QED) is 0.776. The Morgan fingerprint density at radius 1 is 0.950 bits per heavy atom. The van der Waals surface area contributed by atoms with Crippen molar-refractivity contribution in [1.82, 2.24) is 0 Å². The summed E-state index contributed by atoms with van der Waals surface area (Å²) in [5, 5.41) is 0. The fourth-order valence-electron chi connectivity index (χ4n) is 3.25. The van der Waals surface area contributed by atoms with Crippen LogP contribution < -0.4 is 4.90 Å². The first-order chi connectivity index (χ1) is 9.68. The van der Waals surface area contributed by atoms with E-state index in [0.717, 1.165) is 19.3 Å². The minimum atomic E-state index is -0.449. The van der Waals surface area contributed by atoms with E-state index in [1.54, 1.807) is 24.3 Å². The molecule has 1 aliphatic heterocycles. The van der Waals surface area contributed by atoms with Gasteiger partial charge in [0.2, 0.25) is 11.8 Å². The number of benzene rings is 1. The number of carbonyl (C=O) groups is 3. The lowest BCUT2D eigenvalue weighted by Crippen LogP contribution is -2.35. The highest BCUT2D eigenvalue weighted by molar-refractivity contribution is 6.21. The molecule has 0 aromatic heterocycles. The molecule has 1 aromatic rings. The SMILES string of the molecule is O=C1CCCCC1C1CC(=O)N(c2ccccc2)C1=O. The minimum absolute atomic E-state index is 0.150. The molecule has 2 atom stereocenters. The third-order valence-corrected chi connectivity index (χ3v) is 4.28. The van der Waals surface area contributed by atoms with Crippen LogP contribution in [0.15, 0.2) is 30.3 Å². The van der Waals surface area contributed by atoms with Gasteiger partial charge in [0.1, 0.15) is 5.78 Å². The van der Waals surface area contributed by atoms with Crippen LogP contribution in [0.1, 0.15) is 32.1 Å². The van der Waals surface area contributed by atoms with Crippen molar-refractivity contribution in [1.29, 1.82) is 0 Å². The van der Waals surface area contributed by atoms with Crippen LogP contribution in [0, 0.1) is 11.8 Å². The lowest BCUT2D eigenvalue weighted by atomic mass is 9.78. The summed E-state index contributed by atoms with van der Waals surface area (Å²) in [6.45, 7) is 0. The molecule has 1 aliphatic carbocycles. The molecule has 0 radical (unpaired) electrons. The highest BCUT2D eigenvalue weighted by Crippen LogP contribution is 2.36. The van der Waals surface area contributed by atoms with Crippen LogP contribution in [-0.2, 0) is 14.4 Å². The monoisotopic (exact) mass is 271 g/mol. The highest BCUT2D eigenvalue weighted by Gasteiger charge is 2.45. The van der Waals surface area contributed by atoms with E-state index in [2.05, 4.69) is 0 Å². The van der Waals surface area contributed by atoms with E-state index in [4.69, 9.17) is 0 Å². The molecular weight excluding hydrogens is 254 g/mol. The van der Waals surface area contributed by atoms with Gasteiger partial charge in [-0.15, -0.1) is 0 Å². The third kappa shape index (κ3) is 2.15. The zero-order valence-electron chi connectivity index (χ0n) is 11.2. The molecule has 1 heterocycles. The molecule has 1 aromatic carbocycles. The summed E-state index contributed by atoms with van der Waals surface area (Å²) in [5.74, 6) is -0.951. The highest BCUT2D eigenvalue weighted by atomic mass is 16.2. The van der Waals surface area contributed by atoms with E-state index in [0.29, 0.717) is 12.1 Å². The molecule has 2 amide bonds. The first kappa shape index (κ1) is 13.0. The van der Waals surface area contributed by atoms with Gasteiger partial charge in [-0.25, -0.2) is 0 Å².